The minimum atomic E-state index is 0.345. The summed E-state index contributed by atoms with van der Waals surface area (Å²) in [4.78, 5) is 2.40. The Balaban J connectivity index is 1.95. The van der Waals surface area contributed by atoms with Crippen LogP contribution < -0.4 is 10.1 Å². The number of rotatable bonds is 7. The van der Waals surface area contributed by atoms with E-state index in [1.165, 1.54) is 25.1 Å². The maximum Gasteiger partial charge on any atom is 0.124 e. The monoisotopic (exact) mass is 292 g/mol. The third-order valence-corrected chi connectivity index (χ3v) is 4.31. The molecule has 21 heavy (non-hydrogen) atoms. The lowest BCUT2D eigenvalue weighted by molar-refractivity contribution is 0.181. The van der Waals surface area contributed by atoms with E-state index < -0.39 is 0 Å². The van der Waals surface area contributed by atoms with Crippen LogP contribution in [0.4, 0.5) is 0 Å². The maximum atomic E-state index is 5.38. The molecular formula is C17H28N2O2. The SMILES string of the molecule is COCc1cc(C(C)NCC2CCN(C)C2)ccc1OC. The van der Waals surface area contributed by atoms with Gasteiger partial charge in [-0.05, 0) is 57.1 Å². The predicted molar refractivity (Wildman–Crippen MR) is 85.7 cm³/mol. The van der Waals surface area contributed by atoms with E-state index in [-0.39, 0.29) is 0 Å². The van der Waals surface area contributed by atoms with E-state index in [1.807, 2.05) is 6.07 Å². The molecule has 1 fully saturated rings. The van der Waals surface area contributed by atoms with Gasteiger partial charge in [0.25, 0.3) is 0 Å². The summed E-state index contributed by atoms with van der Waals surface area (Å²) >= 11 is 0. The first kappa shape index (κ1) is 16.3. The second-order valence-corrected chi connectivity index (χ2v) is 6.05. The summed E-state index contributed by atoms with van der Waals surface area (Å²) in [6.07, 6.45) is 1.30. The van der Waals surface area contributed by atoms with Gasteiger partial charge in [-0.1, -0.05) is 6.07 Å². The molecule has 0 aromatic heterocycles. The van der Waals surface area contributed by atoms with Crippen molar-refractivity contribution in [1.29, 1.82) is 0 Å². The molecule has 1 saturated heterocycles. The molecule has 0 amide bonds. The van der Waals surface area contributed by atoms with E-state index in [0.717, 1.165) is 23.8 Å². The zero-order chi connectivity index (χ0) is 15.2. The van der Waals surface area contributed by atoms with Gasteiger partial charge >= 0.3 is 0 Å². The molecular weight excluding hydrogens is 264 g/mol. The van der Waals surface area contributed by atoms with Gasteiger partial charge < -0.3 is 19.7 Å². The molecule has 4 nitrogen and oxygen atoms in total. The molecule has 2 unspecified atom stereocenters. The molecule has 1 N–H and O–H groups in total. The highest BCUT2D eigenvalue weighted by Crippen LogP contribution is 2.24. The minimum absolute atomic E-state index is 0.345. The van der Waals surface area contributed by atoms with Crippen LogP contribution in [0.25, 0.3) is 0 Å². The summed E-state index contributed by atoms with van der Waals surface area (Å²) in [6.45, 7) is 6.31. The van der Waals surface area contributed by atoms with Gasteiger partial charge in [0, 0.05) is 25.3 Å². The summed E-state index contributed by atoms with van der Waals surface area (Å²) in [5.74, 6) is 1.67. The van der Waals surface area contributed by atoms with Crippen LogP contribution in [-0.4, -0.2) is 45.8 Å². The van der Waals surface area contributed by atoms with E-state index >= 15 is 0 Å². The zero-order valence-corrected chi connectivity index (χ0v) is 13.7. The fourth-order valence-corrected chi connectivity index (χ4v) is 2.99. The molecule has 0 saturated carbocycles. The molecule has 0 bridgehead atoms. The molecule has 1 aromatic rings. The van der Waals surface area contributed by atoms with Gasteiger partial charge in [-0.2, -0.15) is 0 Å². The number of hydrogen-bond donors (Lipinski definition) is 1. The second-order valence-electron chi connectivity index (χ2n) is 6.05. The summed E-state index contributed by atoms with van der Waals surface area (Å²) in [7, 11) is 5.61. The topological polar surface area (TPSA) is 33.7 Å². The number of nitrogens with zero attached hydrogens (tertiary/aromatic N) is 1. The van der Waals surface area contributed by atoms with Crippen molar-refractivity contribution in [1.82, 2.24) is 10.2 Å². The Morgan fingerprint density at radius 2 is 2.19 bits per heavy atom. The Kier molecular flexibility index (Phi) is 6.03. The summed E-state index contributed by atoms with van der Waals surface area (Å²) in [5, 5.41) is 3.66. The quantitative estimate of drug-likeness (QED) is 0.837. The molecule has 1 aromatic carbocycles. The van der Waals surface area contributed by atoms with E-state index in [0.29, 0.717) is 12.6 Å². The molecule has 2 atom stereocenters. The second kappa shape index (κ2) is 7.78. The van der Waals surface area contributed by atoms with Crippen LogP contribution in [0, 0.1) is 5.92 Å². The molecule has 1 aliphatic rings. The van der Waals surface area contributed by atoms with Gasteiger partial charge in [0.2, 0.25) is 0 Å². The summed E-state index contributed by atoms with van der Waals surface area (Å²) in [6, 6.07) is 6.69. The molecule has 2 rings (SSSR count). The first-order valence-electron chi connectivity index (χ1n) is 7.71. The van der Waals surface area contributed by atoms with Gasteiger partial charge in [-0.3, -0.25) is 0 Å². The third-order valence-electron chi connectivity index (χ3n) is 4.31. The van der Waals surface area contributed by atoms with Crippen molar-refractivity contribution in [2.75, 3.05) is 40.9 Å². The van der Waals surface area contributed by atoms with Crippen molar-refractivity contribution < 1.29 is 9.47 Å². The van der Waals surface area contributed by atoms with Gasteiger partial charge in [-0.25, -0.2) is 0 Å². The van der Waals surface area contributed by atoms with Crippen molar-refractivity contribution in [3.05, 3.63) is 29.3 Å². The van der Waals surface area contributed by atoms with Crippen LogP contribution in [0.2, 0.25) is 0 Å². The Morgan fingerprint density at radius 3 is 2.81 bits per heavy atom. The van der Waals surface area contributed by atoms with Gasteiger partial charge in [0.05, 0.1) is 13.7 Å². The Labute approximate surface area is 128 Å². The van der Waals surface area contributed by atoms with Crippen LogP contribution in [0.1, 0.15) is 30.5 Å². The number of methoxy groups -OCH3 is 2. The molecule has 1 heterocycles. The standard InChI is InChI=1S/C17H28N2O2/c1-13(18-10-14-7-8-19(2)11-14)15-5-6-17(21-4)16(9-15)12-20-3/h5-6,9,13-14,18H,7-8,10-12H2,1-4H3. The molecule has 1 aliphatic heterocycles. The molecule has 0 aliphatic carbocycles. The lowest BCUT2D eigenvalue weighted by Crippen LogP contribution is -2.27. The van der Waals surface area contributed by atoms with E-state index in [4.69, 9.17) is 9.47 Å². The van der Waals surface area contributed by atoms with Crippen LogP contribution in [0.15, 0.2) is 18.2 Å². The fraction of sp³-hybridized carbons (Fsp3) is 0.647. The van der Waals surface area contributed by atoms with Gasteiger partial charge in [0.1, 0.15) is 5.75 Å². The first-order chi connectivity index (χ1) is 10.1. The van der Waals surface area contributed by atoms with Crippen LogP contribution in [-0.2, 0) is 11.3 Å². The van der Waals surface area contributed by atoms with Crippen LogP contribution in [0.5, 0.6) is 5.75 Å². The highest BCUT2D eigenvalue weighted by Gasteiger charge is 2.20. The minimum Gasteiger partial charge on any atom is -0.496 e. The molecule has 118 valence electrons. The van der Waals surface area contributed by atoms with Gasteiger partial charge in [-0.15, -0.1) is 0 Å². The number of nitrogens with one attached hydrogen (secondary N) is 1. The largest absolute Gasteiger partial charge is 0.496 e. The van der Waals surface area contributed by atoms with E-state index in [2.05, 4.69) is 36.3 Å². The van der Waals surface area contributed by atoms with Crippen LogP contribution in [0.3, 0.4) is 0 Å². The number of likely N-dealkylation sites (tertiary alicyclic amines) is 1. The van der Waals surface area contributed by atoms with Crippen molar-refractivity contribution >= 4 is 0 Å². The van der Waals surface area contributed by atoms with Crippen molar-refractivity contribution in [3.8, 4) is 5.75 Å². The highest BCUT2D eigenvalue weighted by molar-refractivity contribution is 5.38. The Bertz CT molecular complexity index is 450. The molecule has 0 radical (unpaired) electrons. The van der Waals surface area contributed by atoms with Crippen molar-refractivity contribution in [2.24, 2.45) is 5.92 Å². The Morgan fingerprint density at radius 1 is 1.38 bits per heavy atom. The zero-order valence-electron chi connectivity index (χ0n) is 13.7. The lowest BCUT2D eigenvalue weighted by atomic mass is 10.0. The van der Waals surface area contributed by atoms with E-state index in [9.17, 15) is 0 Å². The first-order valence-corrected chi connectivity index (χ1v) is 7.71. The normalized spacial score (nSPS) is 20.7. The summed E-state index contributed by atoms with van der Waals surface area (Å²) in [5.41, 5.74) is 2.39. The average molecular weight is 292 g/mol. The third kappa shape index (κ3) is 4.43. The van der Waals surface area contributed by atoms with Crippen molar-refractivity contribution in [3.63, 3.8) is 0 Å². The number of hydrogen-bond acceptors (Lipinski definition) is 4. The van der Waals surface area contributed by atoms with Gasteiger partial charge in [0.15, 0.2) is 0 Å². The highest BCUT2D eigenvalue weighted by atomic mass is 16.5. The smallest absolute Gasteiger partial charge is 0.124 e. The predicted octanol–water partition coefficient (Wildman–Crippen LogP) is 2.44. The molecule has 4 heteroatoms. The maximum absolute atomic E-state index is 5.38. The number of benzene rings is 1. The lowest BCUT2D eigenvalue weighted by Gasteiger charge is -2.19. The average Bonchev–Trinajstić information content (AvgIpc) is 2.90. The van der Waals surface area contributed by atoms with E-state index in [1.54, 1.807) is 14.2 Å². The van der Waals surface area contributed by atoms with Crippen molar-refractivity contribution in [2.45, 2.75) is 26.0 Å². The molecule has 0 spiro atoms. The fourth-order valence-electron chi connectivity index (χ4n) is 2.99. The Hall–Kier alpha value is -1.10. The van der Waals surface area contributed by atoms with Crippen LogP contribution >= 0.6 is 0 Å². The summed E-state index contributed by atoms with van der Waals surface area (Å²) < 4.78 is 10.6. The number of ether oxygens (including phenoxy) is 2.